The van der Waals surface area contributed by atoms with Gasteiger partial charge in [0.15, 0.2) is 0 Å². The third-order valence-corrected chi connectivity index (χ3v) is 18.6. The maximum absolute atomic E-state index is 2.57. The Morgan fingerprint density at radius 1 is 0.647 bits per heavy atom. The van der Waals surface area contributed by atoms with E-state index in [1.807, 2.05) is 6.66 Å². The van der Waals surface area contributed by atoms with Gasteiger partial charge in [-0.2, -0.15) is 0 Å². The Bertz CT molecular complexity index is 987. The molecule has 34 heavy (non-hydrogen) atoms. The van der Waals surface area contributed by atoms with Crippen LogP contribution in [0.5, 0.6) is 0 Å². The molecule has 0 aromatic heterocycles. The Morgan fingerprint density at radius 3 is 1.44 bits per heavy atom. The molecule has 0 fully saturated rings. The first-order valence-corrected chi connectivity index (χ1v) is 17.8. The van der Waals surface area contributed by atoms with E-state index in [4.69, 9.17) is 0 Å². The molecule has 2 aliphatic rings. The minimum atomic E-state index is -2.57. The van der Waals surface area contributed by atoms with E-state index in [-0.39, 0.29) is 24.8 Å². The van der Waals surface area contributed by atoms with Gasteiger partial charge in [-0.1, -0.05) is 0 Å². The minimum absolute atomic E-state index is 0. The second kappa shape index (κ2) is 15.0. The van der Waals surface area contributed by atoms with Crippen LogP contribution in [0.25, 0.3) is 0 Å². The quantitative estimate of drug-likeness (QED) is 0.345. The van der Waals surface area contributed by atoms with E-state index in [9.17, 15) is 0 Å². The van der Waals surface area contributed by atoms with Gasteiger partial charge in [0, 0.05) is 0 Å². The molecule has 0 amide bonds. The normalized spacial score (nSPS) is 14.0. The fourth-order valence-corrected chi connectivity index (χ4v) is 17.8. The van der Waals surface area contributed by atoms with Gasteiger partial charge in [0.1, 0.15) is 0 Å². The Hall–Kier alpha value is -1.28. The van der Waals surface area contributed by atoms with Crippen molar-refractivity contribution in [2.75, 3.05) is 0 Å². The third-order valence-electron chi connectivity index (χ3n) is 6.64. The molecule has 0 aliphatic heterocycles. The number of hydrogen-bond donors (Lipinski definition) is 0. The third kappa shape index (κ3) is 6.90. The molecule has 4 rings (SSSR count). The van der Waals surface area contributed by atoms with Crippen LogP contribution >= 0.6 is 0 Å². The summed E-state index contributed by atoms with van der Waals surface area (Å²) < 4.78 is 5.38. The van der Waals surface area contributed by atoms with Crippen LogP contribution in [0.15, 0.2) is 103 Å². The molecule has 0 heterocycles. The van der Waals surface area contributed by atoms with Gasteiger partial charge in [0.2, 0.25) is 0 Å². The van der Waals surface area contributed by atoms with E-state index in [0.29, 0.717) is 0 Å². The SMILES string of the molecule is CCCCC1=[C]([Hf+2]([C]2=C(CCCC)C=CC2)=[C](c2ccccc2)c2ccccc2)CC=C1.[Cl-].[Cl-]. The van der Waals surface area contributed by atoms with E-state index >= 15 is 0 Å². The Kier molecular flexibility index (Phi) is 12.7. The van der Waals surface area contributed by atoms with Crippen molar-refractivity contribution >= 4 is 3.26 Å². The predicted octanol–water partition coefficient (Wildman–Crippen LogP) is 2.69. The van der Waals surface area contributed by atoms with Gasteiger partial charge in [0.05, 0.1) is 0 Å². The van der Waals surface area contributed by atoms with Crippen molar-refractivity contribution in [2.45, 2.75) is 65.2 Å². The van der Waals surface area contributed by atoms with Crippen LogP contribution in [0.2, 0.25) is 0 Å². The van der Waals surface area contributed by atoms with Gasteiger partial charge in [-0.25, -0.2) is 0 Å². The van der Waals surface area contributed by atoms with Crippen molar-refractivity contribution < 1.29 is 45.8 Å². The molecule has 0 unspecified atom stereocenters. The summed E-state index contributed by atoms with van der Waals surface area (Å²) in [7, 11) is 0. The van der Waals surface area contributed by atoms with Crippen LogP contribution in [0.4, 0.5) is 0 Å². The minimum Gasteiger partial charge on any atom is -1.00 e. The molecular formula is C31H36Cl2Hf. The summed E-state index contributed by atoms with van der Waals surface area (Å²) in [6.07, 6.45) is 19.8. The van der Waals surface area contributed by atoms with Crippen LogP contribution in [0.1, 0.15) is 76.3 Å². The molecule has 0 spiro atoms. The summed E-state index contributed by atoms with van der Waals surface area (Å²) in [5.74, 6) is 0. The summed E-state index contributed by atoms with van der Waals surface area (Å²) in [5.41, 5.74) is 6.24. The number of benzene rings is 2. The number of unbranched alkanes of at least 4 members (excludes halogenated alkanes) is 2. The molecule has 0 saturated carbocycles. The molecule has 0 atom stereocenters. The van der Waals surface area contributed by atoms with E-state index in [1.54, 1.807) is 14.4 Å². The fourth-order valence-electron chi connectivity index (χ4n) is 4.98. The van der Waals surface area contributed by atoms with Crippen molar-refractivity contribution in [3.05, 3.63) is 114 Å². The number of halogens is 2. The molecule has 2 aromatic rings. The Morgan fingerprint density at radius 2 is 1.06 bits per heavy atom. The topological polar surface area (TPSA) is 0 Å². The molecule has 0 N–H and O–H groups in total. The van der Waals surface area contributed by atoms with Crippen LogP contribution in [0.3, 0.4) is 0 Å². The van der Waals surface area contributed by atoms with Gasteiger partial charge >= 0.3 is 203 Å². The maximum atomic E-state index is 2.47. The molecule has 2 aliphatic carbocycles. The second-order valence-corrected chi connectivity index (χ2v) is 17.7. The molecule has 0 nitrogen and oxygen atoms in total. The zero-order valence-corrected chi connectivity index (χ0v) is 25.6. The van der Waals surface area contributed by atoms with E-state index < -0.39 is 21.0 Å². The fraction of sp³-hybridized carbons (Fsp3) is 0.323. The van der Waals surface area contributed by atoms with E-state index in [0.717, 1.165) is 0 Å². The van der Waals surface area contributed by atoms with Gasteiger partial charge in [-0.05, 0) is 0 Å². The van der Waals surface area contributed by atoms with Crippen molar-refractivity contribution in [1.82, 2.24) is 0 Å². The summed E-state index contributed by atoms with van der Waals surface area (Å²) in [4.78, 5) is 0. The van der Waals surface area contributed by atoms with Crippen LogP contribution < -0.4 is 24.8 Å². The molecule has 0 saturated heterocycles. The van der Waals surface area contributed by atoms with Crippen molar-refractivity contribution in [2.24, 2.45) is 0 Å². The van der Waals surface area contributed by atoms with E-state index in [2.05, 4.69) is 98.8 Å². The first-order valence-electron chi connectivity index (χ1n) is 12.5. The van der Waals surface area contributed by atoms with Crippen LogP contribution in [-0.4, -0.2) is 3.26 Å². The summed E-state index contributed by atoms with van der Waals surface area (Å²) in [5, 5.41) is 0. The Balaban J connectivity index is 0.00000204. The standard InChI is InChI=1S/C13H10.2C9H13.2ClH.Hf/c1-3-7-12(8-4-1)11-13-9-5-2-6-10-13;2*1-2-3-6-9-7-4-5-8-9;;;/h1-10H;2*4,7H,2-3,5-6H2,1H3;2*1H;/q;;;;;+2/p-2. The number of rotatable bonds is 10. The zero-order chi connectivity index (χ0) is 22.2. The first-order chi connectivity index (χ1) is 15.8. The smallest absolute Gasteiger partial charge is 1.00 e. The van der Waals surface area contributed by atoms with Gasteiger partial charge < -0.3 is 24.8 Å². The van der Waals surface area contributed by atoms with Gasteiger partial charge in [-0.3, -0.25) is 0 Å². The molecule has 0 bridgehead atoms. The summed E-state index contributed by atoms with van der Waals surface area (Å²) in [6.45, 7) is 4.63. The number of hydrogen-bond acceptors (Lipinski definition) is 0. The van der Waals surface area contributed by atoms with Crippen LogP contribution in [-0.2, 0) is 21.0 Å². The van der Waals surface area contributed by atoms with Crippen molar-refractivity contribution in [3.8, 4) is 0 Å². The monoisotopic (exact) mass is 658 g/mol. The average molecular weight is 658 g/mol. The number of allylic oxidation sites excluding steroid dienone is 8. The maximum Gasteiger partial charge on any atom is -1.00 e. The van der Waals surface area contributed by atoms with E-state index in [1.165, 1.54) is 62.5 Å². The zero-order valence-electron chi connectivity index (χ0n) is 20.5. The predicted molar refractivity (Wildman–Crippen MR) is 137 cm³/mol. The second-order valence-electron chi connectivity index (χ2n) is 8.91. The van der Waals surface area contributed by atoms with Gasteiger partial charge in [0.25, 0.3) is 0 Å². The molecule has 178 valence electrons. The molecule has 2 aromatic carbocycles. The molecular weight excluding hydrogens is 622 g/mol. The van der Waals surface area contributed by atoms with Crippen LogP contribution in [0, 0.1) is 0 Å². The Labute approximate surface area is 226 Å². The largest absolute Gasteiger partial charge is 1.00 e. The van der Waals surface area contributed by atoms with Crippen molar-refractivity contribution in [1.29, 1.82) is 0 Å². The summed E-state index contributed by atoms with van der Waals surface area (Å²) >= 11 is -2.57. The summed E-state index contributed by atoms with van der Waals surface area (Å²) in [6, 6.07) is 22.6. The first kappa shape index (κ1) is 29.0. The average Bonchev–Trinajstić information content (AvgIpc) is 3.50. The molecule has 3 heteroatoms. The van der Waals surface area contributed by atoms with Gasteiger partial charge in [-0.15, -0.1) is 0 Å². The molecule has 0 radical (unpaired) electrons. The van der Waals surface area contributed by atoms with Crippen molar-refractivity contribution in [3.63, 3.8) is 0 Å².